The van der Waals surface area contributed by atoms with Crippen molar-refractivity contribution >= 4 is 17.9 Å². The number of methoxy groups -OCH3 is 1. The second-order valence-electron chi connectivity index (χ2n) is 7.73. The first-order valence-corrected chi connectivity index (χ1v) is 9.37. The van der Waals surface area contributed by atoms with Crippen molar-refractivity contribution in [1.82, 2.24) is 0 Å². The summed E-state index contributed by atoms with van der Waals surface area (Å²) in [4.78, 5) is 32.4. The molecule has 1 atom stereocenters. The molecule has 0 aromatic rings. The zero-order valence-corrected chi connectivity index (χ0v) is 18.3. The van der Waals surface area contributed by atoms with E-state index in [2.05, 4.69) is 17.4 Å². The van der Waals surface area contributed by atoms with Crippen LogP contribution in [0.25, 0.3) is 0 Å². The largest absolute Gasteiger partial charge is 0.481 e. The fraction of sp³-hybridized carbons (Fsp3) is 0.778. The minimum atomic E-state index is -0.706. The third-order valence-electron chi connectivity index (χ3n) is 4.59. The van der Waals surface area contributed by atoms with Crippen molar-refractivity contribution in [3.8, 4) is 6.07 Å². The molecular formula is C27H59NO6. The molecule has 7 heteroatoms. The molecule has 0 amide bonds. The van der Waals surface area contributed by atoms with Gasteiger partial charge in [0.2, 0.25) is 0 Å². The Morgan fingerprint density at radius 2 is 1.50 bits per heavy atom. The first kappa shape index (κ1) is 53.2. The Bertz CT molecular complexity index is 586. The molecule has 0 spiro atoms. The van der Waals surface area contributed by atoms with Gasteiger partial charge in [-0.25, -0.2) is 4.79 Å². The number of esters is 2. The summed E-state index contributed by atoms with van der Waals surface area (Å²) in [6.45, 7) is 14.4. The molecule has 1 rings (SSSR count). The van der Waals surface area contributed by atoms with E-state index >= 15 is 0 Å². The van der Waals surface area contributed by atoms with Crippen LogP contribution in [0, 0.1) is 28.1 Å². The predicted octanol–water partition coefficient (Wildman–Crippen LogP) is 7.94. The third-order valence-corrected chi connectivity index (χ3v) is 4.59. The van der Waals surface area contributed by atoms with Gasteiger partial charge in [0.25, 0.3) is 0 Å². The van der Waals surface area contributed by atoms with Gasteiger partial charge in [-0.3, -0.25) is 9.59 Å². The summed E-state index contributed by atoms with van der Waals surface area (Å²) in [5.41, 5.74) is -0.297. The predicted molar refractivity (Wildman–Crippen MR) is 147 cm³/mol. The van der Waals surface area contributed by atoms with Crippen molar-refractivity contribution in [2.24, 2.45) is 16.7 Å². The van der Waals surface area contributed by atoms with E-state index in [0.717, 1.165) is 19.3 Å². The number of rotatable bonds is 7. The van der Waals surface area contributed by atoms with Gasteiger partial charge in [0.1, 0.15) is 6.61 Å². The molecule has 1 aliphatic rings. The lowest BCUT2D eigenvalue weighted by Gasteiger charge is -2.20. The molecule has 208 valence electrons. The zero-order valence-electron chi connectivity index (χ0n) is 18.3. The van der Waals surface area contributed by atoms with Gasteiger partial charge >= 0.3 is 17.9 Å². The fourth-order valence-corrected chi connectivity index (χ4v) is 1.17. The SMILES string of the molecule is C.C.C.C.C.C.C=C(COC(=O)C(C)(C)CC)C(=O)OC.CC1(C#N)CC1.CCC(C)C(=O)O. The van der Waals surface area contributed by atoms with Crippen LogP contribution in [0.4, 0.5) is 0 Å². The van der Waals surface area contributed by atoms with Crippen LogP contribution in [0.1, 0.15) is 112 Å². The van der Waals surface area contributed by atoms with E-state index in [1.807, 2.05) is 20.8 Å². The molecule has 34 heavy (non-hydrogen) atoms. The highest BCUT2D eigenvalue weighted by atomic mass is 16.5. The average Bonchev–Trinajstić information content (AvgIpc) is 3.43. The van der Waals surface area contributed by atoms with Gasteiger partial charge in [0.15, 0.2) is 0 Å². The van der Waals surface area contributed by atoms with E-state index in [-0.39, 0.29) is 74.0 Å². The van der Waals surface area contributed by atoms with Crippen LogP contribution >= 0.6 is 0 Å². The summed E-state index contributed by atoms with van der Waals surface area (Å²) in [5, 5.41) is 16.4. The highest BCUT2D eigenvalue weighted by Gasteiger charge is 2.37. The Labute approximate surface area is 212 Å². The molecule has 1 unspecified atom stereocenters. The van der Waals surface area contributed by atoms with Gasteiger partial charge < -0.3 is 14.6 Å². The second-order valence-corrected chi connectivity index (χ2v) is 7.73. The maximum absolute atomic E-state index is 11.5. The van der Waals surface area contributed by atoms with Crippen LogP contribution in [-0.2, 0) is 23.9 Å². The Morgan fingerprint density at radius 1 is 1.09 bits per heavy atom. The fourth-order valence-electron chi connectivity index (χ4n) is 1.17. The first-order valence-electron chi connectivity index (χ1n) is 9.37. The van der Waals surface area contributed by atoms with Gasteiger partial charge in [-0.1, -0.05) is 71.9 Å². The summed E-state index contributed by atoms with van der Waals surface area (Å²) in [6, 6.07) is 2.22. The smallest absolute Gasteiger partial charge is 0.336 e. The standard InChI is InChI=1S/C11H18O4.C5H7N.C5H10O2.6CH4/c1-6-11(3,4)10(13)15-7-8(2)9(12)14-5;1-5(4-6)2-3-5;1-3-4(2)5(6)7;;;;;;/h2,6-7H2,1,3-5H3;2-3H2,1H3;4H,3H2,1-2H3,(H,6,7);6*1H4. The molecule has 0 saturated heterocycles. The molecule has 0 heterocycles. The number of aliphatic carboxylic acids is 1. The van der Waals surface area contributed by atoms with Crippen molar-refractivity contribution in [2.45, 2.75) is 112 Å². The van der Waals surface area contributed by atoms with Crippen LogP contribution < -0.4 is 0 Å². The maximum atomic E-state index is 11.5. The molecule has 7 nitrogen and oxygen atoms in total. The van der Waals surface area contributed by atoms with Crippen molar-refractivity contribution < 1.29 is 29.0 Å². The van der Waals surface area contributed by atoms with E-state index in [0.29, 0.717) is 6.42 Å². The second kappa shape index (κ2) is 25.3. The Morgan fingerprint density at radius 3 is 1.68 bits per heavy atom. The van der Waals surface area contributed by atoms with Crippen LogP contribution in [-0.4, -0.2) is 36.7 Å². The lowest BCUT2D eigenvalue weighted by atomic mass is 9.91. The number of nitriles is 1. The summed E-state index contributed by atoms with van der Waals surface area (Å²) in [5.74, 6) is -1.78. The molecule has 0 radical (unpaired) electrons. The van der Waals surface area contributed by atoms with Gasteiger partial charge in [-0.2, -0.15) is 5.26 Å². The number of ether oxygens (including phenoxy) is 2. The van der Waals surface area contributed by atoms with Crippen LogP contribution in [0.3, 0.4) is 0 Å². The molecular weight excluding hydrogens is 434 g/mol. The quantitative estimate of drug-likeness (QED) is 0.283. The van der Waals surface area contributed by atoms with Crippen LogP contribution in [0.2, 0.25) is 0 Å². The van der Waals surface area contributed by atoms with Crippen LogP contribution in [0.15, 0.2) is 12.2 Å². The molecule has 1 saturated carbocycles. The number of hydrogen-bond donors (Lipinski definition) is 1. The zero-order chi connectivity index (χ0) is 22.5. The van der Waals surface area contributed by atoms with E-state index in [1.165, 1.54) is 7.11 Å². The summed E-state index contributed by atoms with van der Waals surface area (Å²) in [6.07, 6.45) is 3.62. The molecule has 0 bridgehead atoms. The van der Waals surface area contributed by atoms with Crippen molar-refractivity contribution in [3.05, 3.63) is 12.2 Å². The van der Waals surface area contributed by atoms with Crippen LogP contribution in [0.5, 0.6) is 0 Å². The first-order chi connectivity index (χ1) is 12.8. The van der Waals surface area contributed by atoms with Gasteiger partial charge in [0.05, 0.1) is 35.5 Å². The summed E-state index contributed by atoms with van der Waals surface area (Å²) >= 11 is 0. The molecule has 1 N–H and O–H groups in total. The molecule has 1 aliphatic carbocycles. The minimum Gasteiger partial charge on any atom is -0.481 e. The Hall–Kier alpha value is -2.36. The maximum Gasteiger partial charge on any atom is 0.336 e. The molecule has 0 aliphatic heterocycles. The highest BCUT2D eigenvalue weighted by molar-refractivity contribution is 5.88. The monoisotopic (exact) mass is 493 g/mol. The van der Waals surface area contributed by atoms with E-state index in [1.54, 1.807) is 20.8 Å². The third kappa shape index (κ3) is 24.3. The van der Waals surface area contributed by atoms with E-state index in [9.17, 15) is 14.4 Å². The van der Waals surface area contributed by atoms with Gasteiger partial charge in [-0.15, -0.1) is 0 Å². The minimum absolute atomic E-state index is 0. The highest BCUT2D eigenvalue weighted by Crippen LogP contribution is 2.43. The van der Waals surface area contributed by atoms with Gasteiger partial charge in [-0.05, 0) is 46.5 Å². The normalized spacial score (nSPS) is 11.9. The summed E-state index contributed by atoms with van der Waals surface area (Å²) in [7, 11) is 1.26. The number of carbonyl (C=O) groups is 3. The van der Waals surface area contributed by atoms with Crippen molar-refractivity contribution in [2.75, 3.05) is 13.7 Å². The van der Waals surface area contributed by atoms with E-state index in [4.69, 9.17) is 15.1 Å². The van der Waals surface area contributed by atoms with Gasteiger partial charge in [0, 0.05) is 0 Å². The lowest BCUT2D eigenvalue weighted by Crippen LogP contribution is -2.27. The van der Waals surface area contributed by atoms with Crippen molar-refractivity contribution in [1.29, 1.82) is 5.26 Å². The molecule has 0 aromatic carbocycles. The Kier molecular flexibility index (Phi) is 39.5. The number of nitrogens with zero attached hydrogens (tertiary/aromatic N) is 1. The average molecular weight is 494 g/mol. The number of carbonyl (C=O) groups excluding carboxylic acids is 2. The number of hydrogen-bond acceptors (Lipinski definition) is 6. The number of carboxylic acids is 1. The molecule has 1 fully saturated rings. The summed E-state index contributed by atoms with van der Waals surface area (Å²) < 4.78 is 9.37. The number of carboxylic acid groups (broad SMARTS) is 1. The van der Waals surface area contributed by atoms with E-state index < -0.39 is 17.4 Å². The lowest BCUT2D eigenvalue weighted by molar-refractivity contribution is -0.153. The van der Waals surface area contributed by atoms with Crippen molar-refractivity contribution in [3.63, 3.8) is 0 Å². The topological polar surface area (TPSA) is 114 Å². The molecule has 0 aromatic heterocycles. The Balaban J connectivity index is -0.0000000508.